The molecule has 0 aromatic carbocycles. The normalized spacial score (nSPS) is 19.8. The summed E-state index contributed by atoms with van der Waals surface area (Å²) < 4.78 is 5.36. The molecule has 2 amide bonds. The topological polar surface area (TPSA) is 83.6 Å². The molecule has 1 aromatic rings. The first-order chi connectivity index (χ1) is 15.7. The standard InChI is InChI=1S/C26H38N4O3/c1-19(18-21-6-5-7-23(21)29-25(32)33-26(2,3)4)24(31)28-15-8-20-11-16-30(17-12-20)22-9-13-27-14-10-22/h6,9-10,13-14,18,20,23H,5,7-8,11-12,15-17H2,1-4H3,(H,28,31)(H,29,32). The highest BCUT2D eigenvalue weighted by Crippen LogP contribution is 2.25. The molecule has 2 aliphatic rings. The van der Waals surface area contributed by atoms with Gasteiger partial charge in [-0.3, -0.25) is 9.78 Å². The zero-order chi connectivity index (χ0) is 23.8. The van der Waals surface area contributed by atoms with Crippen molar-refractivity contribution in [2.75, 3.05) is 24.5 Å². The first-order valence-electron chi connectivity index (χ1n) is 12.0. The number of anilines is 1. The van der Waals surface area contributed by atoms with Crippen molar-refractivity contribution in [3.8, 4) is 0 Å². The van der Waals surface area contributed by atoms with Gasteiger partial charge >= 0.3 is 6.09 Å². The minimum atomic E-state index is -0.534. The van der Waals surface area contributed by atoms with E-state index in [-0.39, 0.29) is 11.9 Å². The van der Waals surface area contributed by atoms with Crippen LogP contribution in [0.1, 0.15) is 59.8 Å². The summed E-state index contributed by atoms with van der Waals surface area (Å²) in [6.07, 6.45) is 12.2. The van der Waals surface area contributed by atoms with Gasteiger partial charge in [-0.25, -0.2) is 4.79 Å². The molecule has 1 unspecified atom stereocenters. The van der Waals surface area contributed by atoms with Crippen molar-refractivity contribution in [1.82, 2.24) is 15.6 Å². The highest BCUT2D eigenvalue weighted by atomic mass is 16.6. The van der Waals surface area contributed by atoms with Crippen molar-refractivity contribution in [2.45, 2.75) is 71.4 Å². The van der Waals surface area contributed by atoms with Crippen LogP contribution in [0.25, 0.3) is 0 Å². The molecular weight excluding hydrogens is 416 g/mol. The number of piperidine rings is 1. The molecule has 0 bridgehead atoms. The minimum Gasteiger partial charge on any atom is -0.444 e. The number of allylic oxidation sites excluding steroid dienone is 1. The smallest absolute Gasteiger partial charge is 0.408 e. The SMILES string of the molecule is CC(=CC1=CCCC1NC(=O)OC(C)(C)C)C(=O)NCCC1CCN(c2ccncc2)CC1. The lowest BCUT2D eigenvalue weighted by molar-refractivity contribution is -0.117. The fourth-order valence-corrected chi connectivity index (χ4v) is 4.37. The molecule has 180 valence electrons. The molecule has 1 aliphatic heterocycles. The lowest BCUT2D eigenvalue weighted by atomic mass is 9.93. The molecule has 1 saturated heterocycles. The van der Waals surface area contributed by atoms with Gasteiger partial charge < -0.3 is 20.3 Å². The second-order valence-electron chi connectivity index (χ2n) is 9.99. The van der Waals surface area contributed by atoms with Crippen LogP contribution < -0.4 is 15.5 Å². The molecule has 7 nitrogen and oxygen atoms in total. The van der Waals surface area contributed by atoms with Crippen LogP contribution in [0.4, 0.5) is 10.5 Å². The van der Waals surface area contributed by atoms with Crippen molar-refractivity contribution in [3.63, 3.8) is 0 Å². The monoisotopic (exact) mass is 454 g/mol. The number of aromatic nitrogens is 1. The quantitative estimate of drug-likeness (QED) is 0.598. The van der Waals surface area contributed by atoms with E-state index in [1.807, 2.05) is 46.2 Å². The minimum absolute atomic E-state index is 0.0481. The van der Waals surface area contributed by atoms with Crippen molar-refractivity contribution in [3.05, 3.63) is 47.8 Å². The van der Waals surface area contributed by atoms with Crippen LogP contribution in [0.15, 0.2) is 47.8 Å². The van der Waals surface area contributed by atoms with E-state index in [4.69, 9.17) is 4.74 Å². The van der Waals surface area contributed by atoms with Crippen molar-refractivity contribution >= 4 is 17.7 Å². The molecule has 1 fully saturated rings. The number of hydrogen-bond acceptors (Lipinski definition) is 5. The summed E-state index contributed by atoms with van der Waals surface area (Å²) in [5.74, 6) is 0.584. The number of pyridine rings is 1. The van der Waals surface area contributed by atoms with Crippen molar-refractivity contribution in [2.24, 2.45) is 5.92 Å². The third-order valence-electron chi connectivity index (χ3n) is 6.15. The summed E-state index contributed by atoms with van der Waals surface area (Å²) in [6, 6.07) is 4.00. The molecule has 1 atom stereocenters. The molecular formula is C26H38N4O3. The van der Waals surface area contributed by atoms with Gasteiger partial charge in [0.05, 0.1) is 6.04 Å². The maximum Gasteiger partial charge on any atom is 0.408 e. The lowest BCUT2D eigenvalue weighted by Crippen LogP contribution is -2.39. The fourth-order valence-electron chi connectivity index (χ4n) is 4.37. The Morgan fingerprint density at radius 1 is 1.18 bits per heavy atom. The van der Waals surface area contributed by atoms with Crippen LogP contribution in [0.2, 0.25) is 0 Å². The van der Waals surface area contributed by atoms with Gasteiger partial charge in [-0.2, -0.15) is 0 Å². The number of nitrogens with one attached hydrogen (secondary N) is 2. The molecule has 0 saturated carbocycles. The van der Waals surface area contributed by atoms with Crippen LogP contribution >= 0.6 is 0 Å². The van der Waals surface area contributed by atoms with Crippen molar-refractivity contribution < 1.29 is 14.3 Å². The number of carbonyl (C=O) groups is 2. The van der Waals surface area contributed by atoms with E-state index >= 15 is 0 Å². The van der Waals surface area contributed by atoms with Crippen LogP contribution in [0.5, 0.6) is 0 Å². The average molecular weight is 455 g/mol. The zero-order valence-corrected chi connectivity index (χ0v) is 20.4. The molecule has 1 aromatic heterocycles. The van der Waals surface area contributed by atoms with Gasteiger partial charge in [-0.15, -0.1) is 0 Å². The Bertz CT molecular complexity index is 865. The van der Waals surface area contributed by atoms with Gasteiger partial charge in [0, 0.05) is 43.3 Å². The van der Waals surface area contributed by atoms with Gasteiger partial charge in [-0.05, 0) is 89.5 Å². The number of carbonyl (C=O) groups excluding carboxylic acids is 2. The highest BCUT2D eigenvalue weighted by Gasteiger charge is 2.24. The second-order valence-corrected chi connectivity index (χ2v) is 9.99. The number of rotatable bonds is 7. The molecule has 33 heavy (non-hydrogen) atoms. The maximum absolute atomic E-state index is 12.6. The average Bonchev–Trinajstić information content (AvgIpc) is 3.19. The highest BCUT2D eigenvalue weighted by molar-refractivity contribution is 5.93. The first kappa shape index (κ1) is 24.8. The van der Waals surface area contributed by atoms with E-state index in [2.05, 4.69) is 38.7 Å². The largest absolute Gasteiger partial charge is 0.444 e. The van der Waals surface area contributed by atoms with E-state index in [0.717, 1.165) is 50.8 Å². The number of amides is 2. The number of alkyl carbamates (subject to hydrolysis) is 1. The number of ether oxygens (including phenoxy) is 1. The maximum atomic E-state index is 12.6. The van der Waals surface area contributed by atoms with E-state index in [1.54, 1.807) is 0 Å². The second kappa shape index (κ2) is 11.3. The third kappa shape index (κ3) is 7.91. The summed E-state index contributed by atoms with van der Waals surface area (Å²) in [5.41, 5.74) is 2.33. The summed E-state index contributed by atoms with van der Waals surface area (Å²) in [5, 5.41) is 5.98. The van der Waals surface area contributed by atoms with Crippen LogP contribution in [0, 0.1) is 5.92 Å². The Balaban J connectivity index is 1.40. The van der Waals surface area contributed by atoms with Crippen LogP contribution in [0.3, 0.4) is 0 Å². The molecule has 0 radical (unpaired) electrons. The van der Waals surface area contributed by atoms with Gasteiger partial charge in [0.1, 0.15) is 5.60 Å². The molecule has 2 N–H and O–H groups in total. The Labute approximate surface area is 197 Å². The van der Waals surface area contributed by atoms with Crippen molar-refractivity contribution in [1.29, 1.82) is 0 Å². The Hall–Kier alpha value is -2.83. The number of nitrogens with zero attached hydrogens (tertiary/aromatic N) is 2. The first-order valence-corrected chi connectivity index (χ1v) is 12.0. The van der Waals surface area contributed by atoms with Crippen LogP contribution in [-0.4, -0.2) is 48.3 Å². The summed E-state index contributed by atoms with van der Waals surface area (Å²) in [7, 11) is 0. The van der Waals surface area contributed by atoms with E-state index < -0.39 is 11.7 Å². The molecule has 2 heterocycles. The summed E-state index contributed by atoms with van der Waals surface area (Å²) in [4.78, 5) is 31.2. The Morgan fingerprint density at radius 3 is 2.55 bits per heavy atom. The van der Waals surface area contributed by atoms with E-state index in [0.29, 0.717) is 18.0 Å². The molecule has 1 aliphatic carbocycles. The molecule has 0 spiro atoms. The molecule has 3 rings (SSSR count). The Morgan fingerprint density at radius 2 is 1.88 bits per heavy atom. The summed E-state index contributed by atoms with van der Waals surface area (Å²) in [6.45, 7) is 10.1. The fraction of sp³-hybridized carbons (Fsp3) is 0.577. The zero-order valence-electron chi connectivity index (χ0n) is 20.4. The van der Waals surface area contributed by atoms with E-state index in [1.165, 1.54) is 5.69 Å². The van der Waals surface area contributed by atoms with Gasteiger partial charge in [-0.1, -0.05) is 6.08 Å². The molecule has 7 heteroatoms. The van der Waals surface area contributed by atoms with E-state index in [9.17, 15) is 9.59 Å². The lowest BCUT2D eigenvalue weighted by Gasteiger charge is -2.33. The predicted molar refractivity (Wildman–Crippen MR) is 131 cm³/mol. The Kier molecular flexibility index (Phi) is 8.53. The predicted octanol–water partition coefficient (Wildman–Crippen LogP) is 4.36. The van der Waals surface area contributed by atoms with Gasteiger partial charge in [0.2, 0.25) is 5.91 Å². The van der Waals surface area contributed by atoms with Gasteiger partial charge in [0.15, 0.2) is 0 Å². The van der Waals surface area contributed by atoms with Gasteiger partial charge in [0.25, 0.3) is 0 Å². The summed E-state index contributed by atoms with van der Waals surface area (Å²) >= 11 is 0. The third-order valence-corrected chi connectivity index (χ3v) is 6.15. The number of hydrogen-bond donors (Lipinski definition) is 2. The van der Waals surface area contributed by atoms with Crippen LogP contribution in [-0.2, 0) is 9.53 Å².